The first-order valence-electron chi connectivity index (χ1n) is 7.84. The zero-order chi connectivity index (χ0) is 18.7. The standard InChI is InChI=1S/C21H15F3O2/c1-26-19-10-7-15-12-17(6-5-16(15)13-19)20(25)11-4-14-2-8-18(9-3-14)21(22,23)24/h2-13H,1H3/b11-4+. The van der Waals surface area contributed by atoms with E-state index in [0.29, 0.717) is 11.1 Å². The van der Waals surface area contributed by atoms with E-state index in [1.54, 1.807) is 19.2 Å². The van der Waals surface area contributed by atoms with Crippen LogP contribution in [0.3, 0.4) is 0 Å². The summed E-state index contributed by atoms with van der Waals surface area (Å²) in [5.74, 6) is 0.515. The van der Waals surface area contributed by atoms with Gasteiger partial charge in [-0.2, -0.15) is 13.2 Å². The fourth-order valence-electron chi connectivity index (χ4n) is 2.56. The lowest BCUT2D eigenvalue weighted by molar-refractivity contribution is -0.137. The molecule has 3 aromatic rings. The fourth-order valence-corrected chi connectivity index (χ4v) is 2.56. The van der Waals surface area contributed by atoms with E-state index in [4.69, 9.17) is 4.74 Å². The van der Waals surface area contributed by atoms with Crippen molar-refractivity contribution in [2.75, 3.05) is 7.11 Å². The Kier molecular flexibility index (Phi) is 4.80. The third-order valence-electron chi connectivity index (χ3n) is 4.00. The molecule has 0 amide bonds. The van der Waals surface area contributed by atoms with Crippen molar-refractivity contribution in [1.82, 2.24) is 0 Å². The van der Waals surface area contributed by atoms with Crippen LogP contribution in [0.2, 0.25) is 0 Å². The normalized spacial score (nSPS) is 11.8. The molecule has 0 saturated carbocycles. The Morgan fingerprint density at radius 2 is 1.58 bits per heavy atom. The van der Waals surface area contributed by atoms with Crippen LogP contribution in [0.15, 0.2) is 66.7 Å². The minimum Gasteiger partial charge on any atom is -0.497 e. The molecular weight excluding hydrogens is 341 g/mol. The molecule has 0 aliphatic carbocycles. The molecule has 3 rings (SSSR count). The van der Waals surface area contributed by atoms with Gasteiger partial charge < -0.3 is 4.74 Å². The zero-order valence-corrected chi connectivity index (χ0v) is 13.9. The minimum absolute atomic E-state index is 0.220. The maximum Gasteiger partial charge on any atom is 0.416 e. The van der Waals surface area contributed by atoms with Gasteiger partial charge in [0.05, 0.1) is 12.7 Å². The number of methoxy groups -OCH3 is 1. The third kappa shape index (κ3) is 3.94. The van der Waals surface area contributed by atoms with Crippen LogP contribution < -0.4 is 4.74 Å². The first-order valence-corrected chi connectivity index (χ1v) is 7.84. The van der Waals surface area contributed by atoms with Gasteiger partial charge in [-0.15, -0.1) is 0 Å². The van der Waals surface area contributed by atoms with Gasteiger partial charge in [0.15, 0.2) is 5.78 Å². The smallest absolute Gasteiger partial charge is 0.416 e. The Balaban J connectivity index is 1.79. The summed E-state index contributed by atoms with van der Waals surface area (Å²) in [5, 5.41) is 1.85. The van der Waals surface area contributed by atoms with E-state index in [0.717, 1.165) is 28.7 Å². The van der Waals surface area contributed by atoms with Crippen molar-refractivity contribution in [1.29, 1.82) is 0 Å². The molecular formula is C21H15F3O2. The lowest BCUT2D eigenvalue weighted by Gasteiger charge is -2.06. The highest BCUT2D eigenvalue weighted by Gasteiger charge is 2.29. The van der Waals surface area contributed by atoms with E-state index in [1.807, 2.05) is 24.3 Å². The van der Waals surface area contributed by atoms with Crippen molar-refractivity contribution in [3.05, 3.63) is 83.4 Å². The van der Waals surface area contributed by atoms with Crippen LogP contribution in [-0.2, 0) is 6.18 Å². The van der Waals surface area contributed by atoms with Crippen molar-refractivity contribution >= 4 is 22.6 Å². The summed E-state index contributed by atoms with van der Waals surface area (Å²) in [6, 6.07) is 15.5. The monoisotopic (exact) mass is 356 g/mol. The van der Waals surface area contributed by atoms with E-state index in [2.05, 4.69) is 0 Å². The van der Waals surface area contributed by atoms with Gasteiger partial charge in [-0.25, -0.2) is 0 Å². The van der Waals surface area contributed by atoms with Crippen molar-refractivity contribution in [3.63, 3.8) is 0 Å². The van der Waals surface area contributed by atoms with Crippen molar-refractivity contribution in [3.8, 4) is 5.75 Å². The molecule has 26 heavy (non-hydrogen) atoms. The molecule has 0 aliphatic heterocycles. The maximum atomic E-state index is 12.6. The maximum absolute atomic E-state index is 12.6. The van der Waals surface area contributed by atoms with Crippen molar-refractivity contribution in [2.24, 2.45) is 0 Å². The van der Waals surface area contributed by atoms with Gasteiger partial charge in [0.25, 0.3) is 0 Å². The Morgan fingerprint density at radius 3 is 2.23 bits per heavy atom. The molecule has 0 aliphatic rings. The predicted molar refractivity (Wildman–Crippen MR) is 95.3 cm³/mol. The first kappa shape index (κ1) is 17.7. The van der Waals surface area contributed by atoms with Crippen LogP contribution in [0.5, 0.6) is 5.75 Å². The number of carbonyl (C=O) groups excluding carboxylic acids is 1. The molecule has 0 atom stereocenters. The SMILES string of the molecule is COc1ccc2cc(C(=O)/C=C/c3ccc(C(F)(F)F)cc3)ccc2c1. The second kappa shape index (κ2) is 7.04. The first-order chi connectivity index (χ1) is 12.4. The van der Waals surface area contributed by atoms with Gasteiger partial charge in [0, 0.05) is 5.56 Å². The largest absolute Gasteiger partial charge is 0.497 e. The Morgan fingerprint density at radius 1 is 0.923 bits per heavy atom. The molecule has 0 aromatic heterocycles. The number of halogens is 3. The molecule has 0 fully saturated rings. The Labute approximate surface area is 148 Å². The van der Waals surface area contributed by atoms with Crippen LogP contribution in [0.25, 0.3) is 16.8 Å². The summed E-state index contributed by atoms with van der Waals surface area (Å²) < 4.78 is 42.8. The van der Waals surface area contributed by atoms with E-state index in [-0.39, 0.29) is 5.78 Å². The number of ether oxygens (including phenoxy) is 1. The summed E-state index contributed by atoms with van der Waals surface area (Å²) in [7, 11) is 1.59. The number of fused-ring (bicyclic) bond motifs is 1. The number of alkyl halides is 3. The Hall–Kier alpha value is -3.08. The van der Waals surface area contributed by atoms with Crippen molar-refractivity contribution < 1.29 is 22.7 Å². The van der Waals surface area contributed by atoms with Gasteiger partial charge in [0.2, 0.25) is 0 Å². The lowest BCUT2D eigenvalue weighted by Crippen LogP contribution is -2.04. The number of hydrogen-bond acceptors (Lipinski definition) is 2. The lowest BCUT2D eigenvalue weighted by atomic mass is 10.0. The van der Waals surface area contributed by atoms with Gasteiger partial charge in [-0.1, -0.05) is 36.4 Å². The van der Waals surface area contributed by atoms with Gasteiger partial charge in [-0.3, -0.25) is 4.79 Å². The number of allylic oxidation sites excluding steroid dienone is 1. The zero-order valence-electron chi connectivity index (χ0n) is 13.9. The molecule has 132 valence electrons. The molecule has 0 unspecified atom stereocenters. The number of ketones is 1. The molecule has 2 nitrogen and oxygen atoms in total. The molecule has 0 saturated heterocycles. The third-order valence-corrected chi connectivity index (χ3v) is 4.00. The van der Waals surface area contributed by atoms with Crippen LogP contribution in [0.1, 0.15) is 21.5 Å². The van der Waals surface area contributed by atoms with Crippen LogP contribution in [0.4, 0.5) is 13.2 Å². The quantitative estimate of drug-likeness (QED) is 0.439. The average molecular weight is 356 g/mol. The summed E-state index contributed by atoms with van der Waals surface area (Å²) in [5.41, 5.74) is 0.314. The van der Waals surface area contributed by atoms with E-state index >= 15 is 0 Å². The topological polar surface area (TPSA) is 26.3 Å². The minimum atomic E-state index is -4.37. The summed E-state index contributed by atoms with van der Waals surface area (Å²) >= 11 is 0. The summed E-state index contributed by atoms with van der Waals surface area (Å²) in [4.78, 5) is 12.3. The molecule has 0 N–H and O–H groups in total. The molecule has 3 aromatic carbocycles. The molecule has 0 spiro atoms. The molecule has 0 heterocycles. The predicted octanol–water partition coefficient (Wildman–Crippen LogP) is 5.76. The highest BCUT2D eigenvalue weighted by atomic mass is 19.4. The van der Waals surface area contributed by atoms with Crippen molar-refractivity contribution in [2.45, 2.75) is 6.18 Å². The van der Waals surface area contributed by atoms with Gasteiger partial charge in [0.1, 0.15) is 5.75 Å². The second-order valence-corrected chi connectivity index (χ2v) is 5.75. The van der Waals surface area contributed by atoms with Crippen LogP contribution in [-0.4, -0.2) is 12.9 Å². The highest BCUT2D eigenvalue weighted by Crippen LogP contribution is 2.29. The van der Waals surface area contributed by atoms with E-state index in [9.17, 15) is 18.0 Å². The summed E-state index contributed by atoms with van der Waals surface area (Å²) in [6.07, 6.45) is -1.51. The fraction of sp³-hybridized carbons (Fsp3) is 0.0952. The second-order valence-electron chi connectivity index (χ2n) is 5.75. The van der Waals surface area contributed by atoms with Gasteiger partial charge in [-0.05, 0) is 52.7 Å². The molecule has 0 bridgehead atoms. The number of benzene rings is 3. The van der Waals surface area contributed by atoms with Crippen LogP contribution >= 0.6 is 0 Å². The van der Waals surface area contributed by atoms with Crippen LogP contribution in [0, 0.1) is 0 Å². The highest BCUT2D eigenvalue weighted by molar-refractivity contribution is 6.08. The van der Waals surface area contributed by atoms with Gasteiger partial charge >= 0.3 is 6.18 Å². The summed E-state index contributed by atoms with van der Waals surface area (Å²) in [6.45, 7) is 0. The van der Waals surface area contributed by atoms with E-state index < -0.39 is 11.7 Å². The Bertz CT molecular complexity index is 971. The number of rotatable bonds is 4. The van der Waals surface area contributed by atoms with E-state index in [1.165, 1.54) is 24.3 Å². The number of carbonyl (C=O) groups is 1. The number of hydrogen-bond donors (Lipinski definition) is 0. The molecule has 0 radical (unpaired) electrons. The average Bonchev–Trinajstić information content (AvgIpc) is 2.64. The molecule has 5 heteroatoms.